The van der Waals surface area contributed by atoms with Crippen LogP contribution in [-0.4, -0.2) is 38.7 Å². The topological polar surface area (TPSA) is 60.3 Å². The van der Waals surface area contributed by atoms with Crippen molar-refractivity contribution in [1.82, 2.24) is 19.7 Å². The van der Waals surface area contributed by atoms with Gasteiger partial charge < -0.3 is 9.64 Å². The number of pyridine rings is 1. The fraction of sp³-hybridized carbons (Fsp3) is 0.353. The second-order valence-corrected chi connectivity index (χ2v) is 6.33. The molecule has 9 heteroatoms. The van der Waals surface area contributed by atoms with E-state index in [4.69, 9.17) is 16.3 Å². The first kappa shape index (κ1) is 18.3. The van der Waals surface area contributed by atoms with Crippen LogP contribution in [0.5, 0.6) is 0 Å². The average Bonchev–Trinajstić information content (AvgIpc) is 3.14. The first-order chi connectivity index (χ1) is 12.4. The van der Waals surface area contributed by atoms with Gasteiger partial charge in [-0.05, 0) is 24.6 Å². The lowest BCUT2D eigenvalue weighted by molar-refractivity contribution is -0.135. The number of rotatable bonds is 7. The predicted octanol–water partition coefficient (Wildman–Crippen LogP) is 2.95. The van der Waals surface area contributed by atoms with Crippen LogP contribution in [0.2, 0.25) is 5.15 Å². The summed E-state index contributed by atoms with van der Waals surface area (Å²) < 4.78 is 31.9. The lowest BCUT2D eigenvalue weighted by Gasteiger charge is -2.25. The Bertz CT molecular complexity index is 821. The van der Waals surface area contributed by atoms with Gasteiger partial charge in [0, 0.05) is 18.8 Å². The third-order valence-electron chi connectivity index (χ3n) is 3.86. The van der Waals surface area contributed by atoms with Crippen LogP contribution >= 0.6 is 11.6 Å². The van der Waals surface area contributed by atoms with Crippen LogP contribution in [0, 0.1) is 6.92 Å². The summed E-state index contributed by atoms with van der Waals surface area (Å²) in [7, 11) is 0. The van der Waals surface area contributed by atoms with Crippen molar-refractivity contribution in [2.75, 3.05) is 6.61 Å². The molecule has 138 valence electrons. The van der Waals surface area contributed by atoms with Gasteiger partial charge >= 0.3 is 5.97 Å². The summed E-state index contributed by atoms with van der Waals surface area (Å²) in [6, 6.07) is 5.25. The van der Waals surface area contributed by atoms with Gasteiger partial charge in [-0.15, -0.1) is 0 Å². The Morgan fingerprint density at radius 3 is 2.81 bits per heavy atom. The van der Waals surface area contributed by atoms with Gasteiger partial charge in [-0.3, -0.25) is 4.68 Å². The molecule has 1 aliphatic heterocycles. The molecule has 0 atom stereocenters. The minimum absolute atomic E-state index is 0.141. The lowest BCUT2D eigenvalue weighted by Crippen LogP contribution is -2.25. The number of esters is 1. The van der Waals surface area contributed by atoms with Crippen LogP contribution in [0.3, 0.4) is 0 Å². The minimum Gasteiger partial charge on any atom is -0.456 e. The van der Waals surface area contributed by atoms with E-state index in [0.29, 0.717) is 35.3 Å². The highest BCUT2D eigenvalue weighted by Crippen LogP contribution is 2.20. The molecule has 0 unspecified atom stereocenters. The summed E-state index contributed by atoms with van der Waals surface area (Å²) in [5, 5.41) is 4.51. The molecule has 0 bridgehead atoms. The number of aryl methyl sites for hydroxylation is 1. The molecule has 0 saturated carbocycles. The van der Waals surface area contributed by atoms with E-state index in [2.05, 4.69) is 10.1 Å². The highest BCUT2D eigenvalue weighted by Gasteiger charge is 2.22. The van der Waals surface area contributed by atoms with Crippen molar-refractivity contribution >= 4 is 17.6 Å². The first-order valence-electron chi connectivity index (χ1n) is 7.95. The van der Waals surface area contributed by atoms with Gasteiger partial charge in [0.25, 0.3) is 6.43 Å². The number of carbonyl (C=O) groups excluding carboxylic acids is 1. The molecule has 0 radical (unpaired) electrons. The van der Waals surface area contributed by atoms with Crippen LogP contribution in [0.15, 0.2) is 36.2 Å². The van der Waals surface area contributed by atoms with Crippen LogP contribution in [0.25, 0.3) is 0 Å². The number of nitrogens with zero attached hydrogens (tertiary/aromatic N) is 4. The Kier molecular flexibility index (Phi) is 5.51. The maximum Gasteiger partial charge on any atom is 0.333 e. The molecule has 0 saturated heterocycles. The molecule has 2 aromatic heterocycles. The van der Waals surface area contributed by atoms with Gasteiger partial charge in [0.15, 0.2) is 0 Å². The molecule has 26 heavy (non-hydrogen) atoms. The fourth-order valence-corrected chi connectivity index (χ4v) is 2.85. The van der Waals surface area contributed by atoms with Crippen molar-refractivity contribution < 1.29 is 18.3 Å². The summed E-state index contributed by atoms with van der Waals surface area (Å²) in [6.07, 6.45) is 0.539. The van der Waals surface area contributed by atoms with Crippen LogP contribution < -0.4 is 0 Å². The smallest absolute Gasteiger partial charge is 0.333 e. The second kappa shape index (κ2) is 7.82. The number of halogens is 3. The molecule has 0 fully saturated rings. The molecular weight excluding hydrogens is 366 g/mol. The van der Waals surface area contributed by atoms with Gasteiger partial charge in [-0.1, -0.05) is 17.7 Å². The van der Waals surface area contributed by atoms with Crippen molar-refractivity contribution in [1.29, 1.82) is 0 Å². The Morgan fingerprint density at radius 2 is 2.19 bits per heavy atom. The Morgan fingerprint density at radius 1 is 1.38 bits per heavy atom. The number of hydrogen-bond acceptors (Lipinski definition) is 5. The lowest BCUT2D eigenvalue weighted by atomic mass is 10.2. The largest absolute Gasteiger partial charge is 0.456 e. The summed E-state index contributed by atoms with van der Waals surface area (Å²) in [5.74, 6) is -0.420. The van der Waals surface area contributed by atoms with Gasteiger partial charge in [0.2, 0.25) is 0 Å². The number of carbonyl (C=O) groups is 1. The van der Waals surface area contributed by atoms with Gasteiger partial charge in [0.05, 0.1) is 23.6 Å². The third kappa shape index (κ3) is 4.57. The van der Waals surface area contributed by atoms with E-state index in [0.717, 1.165) is 5.56 Å². The highest BCUT2D eigenvalue weighted by atomic mass is 35.5. The van der Waals surface area contributed by atoms with Crippen LogP contribution in [0.4, 0.5) is 8.78 Å². The normalized spacial score (nSPS) is 13.9. The molecular formula is C17H17ClF2N4O2. The maximum absolute atomic E-state index is 12.8. The van der Waals surface area contributed by atoms with Crippen molar-refractivity contribution in [2.45, 2.75) is 33.0 Å². The molecule has 3 rings (SSSR count). The van der Waals surface area contributed by atoms with E-state index in [1.807, 2.05) is 11.0 Å². The molecule has 0 aromatic carbocycles. The number of ether oxygens (including phenoxy) is 1. The Hall–Kier alpha value is -2.48. The van der Waals surface area contributed by atoms with Crippen molar-refractivity contribution in [3.8, 4) is 0 Å². The summed E-state index contributed by atoms with van der Waals surface area (Å²) in [5.41, 5.74) is 2.82. The zero-order valence-electron chi connectivity index (χ0n) is 14.0. The van der Waals surface area contributed by atoms with E-state index in [-0.39, 0.29) is 6.61 Å². The molecule has 0 amide bonds. The van der Waals surface area contributed by atoms with Crippen molar-refractivity contribution in [2.24, 2.45) is 0 Å². The second-order valence-electron chi connectivity index (χ2n) is 5.94. The zero-order chi connectivity index (χ0) is 18.7. The standard InChI is InChI=1S/C17H17ClF2N4O2/c1-11-4-13(24(22-11)9-16(19)20)8-23(14-5-17(25)26-10-14)7-12-2-3-15(18)21-6-12/h2-6,16H,7-10H2,1H3. The molecule has 0 aliphatic carbocycles. The number of aromatic nitrogens is 3. The van der Waals surface area contributed by atoms with Gasteiger partial charge in [-0.2, -0.15) is 5.10 Å². The molecule has 2 aromatic rings. The van der Waals surface area contributed by atoms with Crippen LogP contribution in [0.1, 0.15) is 17.0 Å². The zero-order valence-corrected chi connectivity index (χ0v) is 14.8. The van der Waals surface area contributed by atoms with E-state index in [1.54, 1.807) is 25.3 Å². The summed E-state index contributed by atoms with van der Waals surface area (Å²) in [6.45, 7) is 2.14. The molecule has 6 nitrogen and oxygen atoms in total. The molecule has 1 aliphatic rings. The SMILES string of the molecule is Cc1cc(CN(Cc2ccc(Cl)nc2)C2=CC(=O)OC2)n(CC(F)F)n1. The highest BCUT2D eigenvalue weighted by molar-refractivity contribution is 6.29. The minimum atomic E-state index is -2.50. The number of cyclic esters (lactones) is 1. The molecule has 0 spiro atoms. The van der Waals surface area contributed by atoms with Gasteiger partial charge in [0.1, 0.15) is 18.3 Å². The summed E-state index contributed by atoms with van der Waals surface area (Å²) in [4.78, 5) is 17.4. The number of alkyl halides is 2. The summed E-state index contributed by atoms with van der Waals surface area (Å²) >= 11 is 5.81. The monoisotopic (exact) mass is 382 g/mol. The van der Waals surface area contributed by atoms with Gasteiger partial charge in [-0.25, -0.2) is 18.6 Å². The maximum atomic E-state index is 12.8. The van der Waals surface area contributed by atoms with E-state index >= 15 is 0 Å². The Labute approximate surface area is 154 Å². The fourth-order valence-electron chi connectivity index (χ4n) is 2.74. The first-order valence-corrected chi connectivity index (χ1v) is 8.32. The van der Waals surface area contributed by atoms with Crippen molar-refractivity contribution in [3.63, 3.8) is 0 Å². The average molecular weight is 383 g/mol. The van der Waals surface area contributed by atoms with E-state index in [1.165, 1.54) is 10.8 Å². The molecule has 3 heterocycles. The van der Waals surface area contributed by atoms with Crippen LogP contribution in [-0.2, 0) is 29.2 Å². The van der Waals surface area contributed by atoms with E-state index < -0.39 is 18.9 Å². The third-order valence-corrected chi connectivity index (χ3v) is 4.09. The quantitative estimate of drug-likeness (QED) is 0.544. The molecule has 0 N–H and O–H groups in total. The number of hydrogen-bond donors (Lipinski definition) is 0. The van der Waals surface area contributed by atoms with E-state index in [9.17, 15) is 13.6 Å². The Balaban J connectivity index is 1.85. The predicted molar refractivity (Wildman–Crippen MR) is 90.5 cm³/mol. The van der Waals surface area contributed by atoms with Crippen molar-refractivity contribution in [3.05, 3.63) is 58.3 Å².